The van der Waals surface area contributed by atoms with Crippen LogP contribution in [0.4, 0.5) is 0 Å². The van der Waals surface area contributed by atoms with Crippen molar-refractivity contribution >= 4 is 21.9 Å². The maximum atomic E-state index is 11.7. The van der Waals surface area contributed by atoms with E-state index in [0.717, 1.165) is 42.3 Å². The summed E-state index contributed by atoms with van der Waals surface area (Å²) in [7, 11) is 0. The molecule has 0 aliphatic rings. The summed E-state index contributed by atoms with van der Waals surface area (Å²) in [4.78, 5) is 11.7. The molecular weight excluding hydrogens is 344 g/mol. The molecule has 5 heteroatoms. The second-order valence-electron chi connectivity index (χ2n) is 5.17. The molecule has 0 amide bonds. The van der Waals surface area contributed by atoms with Gasteiger partial charge in [-0.25, -0.2) is 4.79 Å². The molecule has 1 N–H and O–H groups in total. The van der Waals surface area contributed by atoms with Crippen molar-refractivity contribution < 1.29 is 9.53 Å². The van der Waals surface area contributed by atoms with Crippen LogP contribution in [-0.2, 0) is 17.6 Å². The molecule has 0 bridgehead atoms. The summed E-state index contributed by atoms with van der Waals surface area (Å²) >= 11 is 3.44. The molecule has 0 spiro atoms. The van der Waals surface area contributed by atoms with Crippen molar-refractivity contribution in [3.8, 4) is 0 Å². The van der Waals surface area contributed by atoms with E-state index in [1.807, 2.05) is 0 Å². The van der Waals surface area contributed by atoms with Gasteiger partial charge in [-0.15, -0.1) is 0 Å². The molecule has 1 heterocycles. The average molecular weight is 365 g/mol. The van der Waals surface area contributed by atoms with E-state index in [-0.39, 0.29) is 5.97 Å². The predicted molar refractivity (Wildman–Crippen MR) is 89.9 cm³/mol. The normalized spacial score (nSPS) is 10.6. The summed E-state index contributed by atoms with van der Waals surface area (Å²) in [5.41, 5.74) is 2.80. The van der Waals surface area contributed by atoms with Crippen molar-refractivity contribution in [3.63, 3.8) is 0 Å². The predicted octanol–water partition coefficient (Wildman–Crippen LogP) is 4.30. The van der Waals surface area contributed by atoms with E-state index in [1.165, 1.54) is 5.56 Å². The SMILES string of the molecule is CCOC(=O)c1cn[nH]c1CCCCCc1ccc(Br)cc1. The van der Waals surface area contributed by atoms with Crippen LogP contribution in [0.15, 0.2) is 34.9 Å². The van der Waals surface area contributed by atoms with Gasteiger partial charge in [0.2, 0.25) is 0 Å². The molecule has 0 unspecified atom stereocenters. The number of esters is 1. The molecule has 0 radical (unpaired) electrons. The number of hydrogen-bond acceptors (Lipinski definition) is 3. The van der Waals surface area contributed by atoms with E-state index in [0.29, 0.717) is 12.2 Å². The molecule has 2 rings (SSSR count). The Bertz CT molecular complexity index is 593. The highest BCUT2D eigenvalue weighted by atomic mass is 79.9. The van der Waals surface area contributed by atoms with E-state index in [1.54, 1.807) is 13.1 Å². The van der Waals surface area contributed by atoms with Crippen LogP contribution in [0.5, 0.6) is 0 Å². The number of hydrogen-bond donors (Lipinski definition) is 1. The lowest BCUT2D eigenvalue weighted by atomic mass is 10.0. The molecule has 4 nitrogen and oxygen atoms in total. The maximum Gasteiger partial charge on any atom is 0.341 e. The van der Waals surface area contributed by atoms with Crippen molar-refractivity contribution in [1.82, 2.24) is 10.2 Å². The fraction of sp³-hybridized carbons (Fsp3) is 0.412. The number of benzene rings is 1. The molecule has 0 atom stereocenters. The number of aromatic amines is 1. The minimum absolute atomic E-state index is 0.291. The third-order valence-electron chi connectivity index (χ3n) is 3.52. The first-order valence-electron chi connectivity index (χ1n) is 7.64. The summed E-state index contributed by atoms with van der Waals surface area (Å²) in [6, 6.07) is 8.45. The number of carbonyl (C=O) groups excluding carboxylic acids is 1. The van der Waals surface area contributed by atoms with Gasteiger partial charge in [0.25, 0.3) is 0 Å². The van der Waals surface area contributed by atoms with Gasteiger partial charge in [0.1, 0.15) is 5.56 Å². The summed E-state index contributed by atoms with van der Waals surface area (Å²) in [5.74, 6) is -0.291. The Morgan fingerprint density at radius 3 is 2.64 bits per heavy atom. The monoisotopic (exact) mass is 364 g/mol. The molecule has 2 aromatic rings. The summed E-state index contributed by atoms with van der Waals surface area (Å²) < 4.78 is 6.13. The lowest BCUT2D eigenvalue weighted by Gasteiger charge is -2.04. The molecule has 1 aromatic heterocycles. The molecular formula is C17H21BrN2O2. The Kier molecular flexibility index (Phi) is 6.65. The minimum atomic E-state index is -0.291. The van der Waals surface area contributed by atoms with Gasteiger partial charge >= 0.3 is 5.97 Å². The minimum Gasteiger partial charge on any atom is -0.462 e. The highest BCUT2D eigenvalue weighted by Gasteiger charge is 2.14. The van der Waals surface area contributed by atoms with Crippen molar-refractivity contribution in [2.24, 2.45) is 0 Å². The lowest BCUT2D eigenvalue weighted by molar-refractivity contribution is 0.0525. The fourth-order valence-electron chi connectivity index (χ4n) is 2.35. The third kappa shape index (κ3) is 4.98. The summed E-state index contributed by atoms with van der Waals surface area (Å²) in [6.07, 6.45) is 6.76. The third-order valence-corrected chi connectivity index (χ3v) is 4.05. The van der Waals surface area contributed by atoms with E-state index >= 15 is 0 Å². The van der Waals surface area contributed by atoms with Crippen LogP contribution in [0.1, 0.15) is 47.8 Å². The molecule has 0 aliphatic heterocycles. The standard InChI is InChI=1S/C17H21BrN2O2/c1-2-22-17(21)15-12-19-20-16(15)7-5-3-4-6-13-8-10-14(18)11-9-13/h8-12H,2-7H2,1H3,(H,19,20). The van der Waals surface area contributed by atoms with Crippen molar-refractivity contribution in [1.29, 1.82) is 0 Å². The van der Waals surface area contributed by atoms with Gasteiger partial charge in [-0.05, 0) is 50.3 Å². The van der Waals surface area contributed by atoms with Crippen molar-refractivity contribution in [2.75, 3.05) is 6.61 Å². The fourth-order valence-corrected chi connectivity index (χ4v) is 2.61. The molecule has 1 aromatic carbocycles. The van der Waals surface area contributed by atoms with Crippen LogP contribution in [0.2, 0.25) is 0 Å². The summed E-state index contributed by atoms with van der Waals surface area (Å²) in [5, 5.41) is 6.85. The van der Waals surface area contributed by atoms with Gasteiger partial charge in [0, 0.05) is 10.2 Å². The topological polar surface area (TPSA) is 55.0 Å². The number of nitrogens with one attached hydrogen (secondary N) is 1. The Morgan fingerprint density at radius 2 is 1.91 bits per heavy atom. The van der Waals surface area contributed by atoms with E-state index < -0.39 is 0 Å². The zero-order chi connectivity index (χ0) is 15.8. The first kappa shape index (κ1) is 16.7. The second-order valence-corrected chi connectivity index (χ2v) is 6.09. The van der Waals surface area contributed by atoms with E-state index in [4.69, 9.17) is 4.74 Å². The first-order chi connectivity index (χ1) is 10.7. The Hall–Kier alpha value is -1.62. The highest BCUT2D eigenvalue weighted by molar-refractivity contribution is 9.10. The molecule has 0 aliphatic carbocycles. The number of nitrogens with zero attached hydrogens (tertiary/aromatic N) is 1. The van der Waals surface area contributed by atoms with E-state index in [2.05, 4.69) is 50.4 Å². The van der Waals surface area contributed by atoms with Crippen LogP contribution < -0.4 is 0 Å². The number of carbonyl (C=O) groups is 1. The van der Waals surface area contributed by atoms with Gasteiger partial charge in [0.15, 0.2) is 0 Å². The van der Waals surface area contributed by atoms with Crippen LogP contribution in [0, 0.1) is 0 Å². The van der Waals surface area contributed by atoms with Gasteiger partial charge in [-0.2, -0.15) is 5.10 Å². The number of H-pyrrole nitrogens is 1. The zero-order valence-corrected chi connectivity index (χ0v) is 14.4. The van der Waals surface area contributed by atoms with Crippen molar-refractivity contribution in [3.05, 3.63) is 51.8 Å². The number of unbranched alkanes of at least 4 members (excludes halogenated alkanes) is 2. The Morgan fingerprint density at radius 1 is 1.18 bits per heavy atom. The smallest absolute Gasteiger partial charge is 0.341 e. The number of aromatic nitrogens is 2. The first-order valence-corrected chi connectivity index (χ1v) is 8.43. The van der Waals surface area contributed by atoms with Crippen LogP contribution in [-0.4, -0.2) is 22.8 Å². The van der Waals surface area contributed by atoms with Gasteiger partial charge in [-0.3, -0.25) is 5.10 Å². The van der Waals surface area contributed by atoms with E-state index in [9.17, 15) is 4.79 Å². The van der Waals surface area contributed by atoms with Crippen LogP contribution in [0.25, 0.3) is 0 Å². The highest BCUT2D eigenvalue weighted by Crippen LogP contribution is 2.15. The molecule has 22 heavy (non-hydrogen) atoms. The number of ether oxygens (including phenoxy) is 1. The molecule has 0 saturated heterocycles. The van der Waals surface area contributed by atoms with Gasteiger partial charge in [-0.1, -0.05) is 34.5 Å². The Balaban J connectivity index is 1.72. The number of aryl methyl sites for hydroxylation is 2. The summed E-state index contributed by atoms with van der Waals surface area (Å²) in [6.45, 7) is 2.19. The average Bonchev–Trinajstić information content (AvgIpc) is 2.97. The Labute approximate surface area is 139 Å². The quantitative estimate of drug-likeness (QED) is 0.560. The largest absolute Gasteiger partial charge is 0.462 e. The second kappa shape index (κ2) is 8.73. The van der Waals surface area contributed by atoms with Gasteiger partial charge in [0.05, 0.1) is 12.8 Å². The number of halogens is 1. The van der Waals surface area contributed by atoms with Gasteiger partial charge < -0.3 is 4.74 Å². The molecule has 0 saturated carbocycles. The lowest BCUT2D eigenvalue weighted by Crippen LogP contribution is -2.06. The maximum absolute atomic E-state index is 11.7. The van der Waals surface area contributed by atoms with Crippen LogP contribution in [0.3, 0.4) is 0 Å². The van der Waals surface area contributed by atoms with Crippen LogP contribution >= 0.6 is 15.9 Å². The zero-order valence-electron chi connectivity index (χ0n) is 12.8. The molecule has 118 valence electrons. The van der Waals surface area contributed by atoms with Crippen molar-refractivity contribution in [2.45, 2.75) is 39.0 Å². The molecule has 0 fully saturated rings. The number of rotatable bonds is 8.